The highest BCUT2D eigenvalue weighted by Gasteiger charge is 2.50. The van der Waals surface area contributed by atoms with E-state index < -0.39 is 0 Å². The summed E-state index contributed by atoms with van der Waals surface area (Å²) in [7, 11) is 0. The van der Waals surface area contributed by atoms with Crippen molar-refractivity contribution in [2.45, 2.75) is 19.8 Å². The maximum Gasteiger partial charge on any atom is 0.312 e. The van der Waals surface area contributed by atoms with E-state index in [-0.39, 0.29) is 24.6 Å². The minimum Gasteiger partial charge on any atom is -0.463 e. The van der Waals surface area contributed by atoms with Crippen LogP contribution in [0.2, 0.25) is 0 Å². The van der Waals surface area contributed by atoms with E-state index in [0.717, 1.165) is 12.8 Å². The highest BCUT2D eigenvalue weighted by molar-refractivity contribution is 5.78. The van der Waals surface area contributed by atoms with Crippen molar-refractivity contribution in [1.29, 1.82) is 0 Å². The van der Waals surface area contributed by atoms with Gasteiger partial charge in [0.2, 0.25) is 0 Å². The smallest absolute Gasteiger partial charge is 0.312 e. The van der Waals surface area contributed by atoms with Gasteiger partial charge in [-0.15, -0.1) is 0 Å². The van der Waals surface area contributed by atoms with Crippen LogP contribution in [0.25, 0.3) is 0 Å². The Morgan fingerprint density at radius 3 is 2.93 bits per heavy atom. The van der Waals surface area contributed by atoms with Gasteiger partial charge in [0, 0.05) is 0 Å². The summed E-state index contributed by atoms with van der Waals surface area (Å²) in [5.41, 5.74) is -0.339. The molecule has 0 aromatic rings. The van der Waals surface area contributed by atoms with Crippen LogP contribution in [-0.4, -0.2) is 24.3 Å². The van der Waals surface area contributed by atoms with Crippen LogP contribution in [0, 0.1) is 17.3 Å². The second kappa shape index (κ2) is 3.39. The predicted molar refractivity (Wildman–Crippen MR) is 51.5 cm³/mol. The molecule has 3 atom stereocenters. The second-order valence-electron chi connectivity index (χ2n) is 4.47. The Morgan fingerprint density at radius 1 is 1.64 bits per heavy atom. The quantitative estimate of drug-likeness (QED) is 0.543. The van der Waals surface area contributed by atoms with Gasteiger partial charge in [0.1, 0.15) is 6.61 Å². The summed E-state index contributed by atoms with van der Waals surface area (Å²) in [6, 6.07) is 0. The summed E-state index contributed by atoms with van der Waals surface area (Å²) in [6.07, 6.45) is 6.32. The number of allylic oxidation sites excluding steroid dienone is 2. The Morgan fingerprint density at radius 2 is 2.43 bits per heavy atom. The van der Waals surface area contributed by atoms with Crippen molar-refractivity contribution in [3.63, 3.8) is 0 Å². The van der Waals surface area contributed by atoms with Crippen LogP contribution in [0.5, 0.6) is 0 Å². The number of aliphatic hydroxyl groups excluding tert-OH is 1. The van der Waals surface area contributed by atoms with Crippen molar-refractivity contribution in [2.24, 2.45) is 17.3 Å². The molecule has 0 aromatic carbocycles. The Labute approximate surface area is 83.8 Å². The number of fused-ring (bicyclic) bond motifs is 2. The number of rotatable bonds is 3. The molecule has 1 saturated carbocycles. The first-order chi connectivity index (χ1) is 6.66. The van der Waals surface area contributed by atoms with Crippen molar-refractivity contribution in [3.05, 3.63) is 12.2 Å². The zero-order valence-corrected chi connectivity index (χ0v) is 8.40. The van der Waals surface area contributed by atoms with Crippen LogP contribution < -0.4 is 0 Å². The van der Waals surface area contributed by atoms with Crippen molar-refractivity contribution >= 4 is 5.97 Å². The molecule has 1 fully saturated rings. The van der Waals surface area contributed by atoms with Crippen molar-refractivity contribution < 1.29 is 14.6 Å². The molecule has 0 aromatic heterocycles. The first kappa shape index (κ1) is 9.71. The van der Waals surface area contributed by atoms with Crippen LogP contribution in [-0.2, 0) is 9.53 Å². The highest BCUT2D eigenvalue weighted by Crippen LogP contribution is 2.52. The van der Waals surface area contributed by atoms with E-state index in [0.29, 0.717) is 11.8 Å². The molecule has 14 heavy (non-hydrogen) atoms. The van der Waals surface area contributed by atoms with Gasteiger partial charge >= 0.3 is 5.97 Å². The zero-order valence-electron chi connectivity index (χ0n) is 8.40. The van der Waals surface area contributed by atoms with Crippen molar-refractivity contribution in [1.82, 2.24) is 0 Å². The predicted octanol–water partition coefficient (Wildman–Crippen LogP) is 1.12. The molecule has 2 aliphatic rings. The van der Waals surface area contributed by atoms with Gasteiger partial charge in [0.05, 0.1) is 12.0 Å². The number of hydrogen-bond donors (Lipinski definition) is 1. The highest BCUT2D eigenvalue weighted by atomic mass is 16.5. The van der Waals surface area contributed by atoms with Gasteiger partial charge in [-0.2, -0.15) is 0 Å². The molecular formula is C11H16O3. The molecule has 0 aliphatic heterocycles. The molecule has 2 unspecified atom stereocenters. The van der Waals surface area contributed by atoms with Gasteiger partial charge in [-0.25, -0.2) is 0 Å². The molecule has 2 aliphatic carbocycles. The third-order valence-electron chi connectivity index (χ3n) is 3.47. The van der Waals surface area contributed by atoms with Gasteiger partial charge < -0.3 is 9.84 Å². The lowest BCUT2D eigenvalue weighted by atomic mass is 9.78. The fraction of sp³-hybridized carbons (Fsp3) is 0.727. The lowest BCUT2D eigenvalue weighted by Crippen LogP contribution is -2.34. The Bertz CT molecular complexity index is 272. The standard InChI is InChI=1S/C11H16O3/c1-11(10(13)14-5-4-12)7-8-2-3-9(11)6-8/h2-3,8-9,12H,4-7H2,1H3/t8-,9?,11?/m0/s1. The summed E-state index contributed by atoms with van der Waals surface area (Å²) in [4.78, 5) is 11.7. The monoisotopic (exact) mass is 196 g/mol. The van der Waals surface area contributed by atoms with Crippen LogP contribution in [0.3, 0.4) is 0 Å². The fourth-order valence-electron chi connectivity index (χ4n) is 2.63. The first-order valence-corrected chi connectivity index (χ1v) is 5.13. The van der Waals surface area contributed by atoms with Gasteiger partial charge in [-0.1, -0.05) is 12.2 Å². The topological polar surface area (TPSA) is 46.5 Å². The molecule has 2 bridgehead atoms. The van der Waals surface area contributed by atoms with Gasteiger partial charge in [0.25, 0.3) is 0 Å². The molecule has 0 spiro atoms. The Balaban J connectivity index is 2.03. The van der Waals surface area contributed by atoms with Gasteiger partial charge in [-0.05, 0) is 31.6 Å². The van der Waals surface area contributed by atoms with Gasteiger partial charge in [0.15, 0.2) is 0 Å². The lowest BCUT2D eigenvalue weighted by molar-refractivity contribution is -0.157. The molecule has 0 heterocycles. The summed E-state index contributed by atoms with van der Waals surface area (Å²) >= 11 is 0. The maximum absolute atomic E-state index is 11.7. The second-order valence-corrected chi connectivity index (χ2v) is 4.47. The molecule has 0 saturated heterocycles. The molecule has 3 heteroatoms. The van der Waals surface area contributed by atoms with E-state index in [1.165, 1.54) is 0 Å². The third kappa shape index (κ3) is 1.36. The number of esters is 1. The van der Waals surface area contributed by atoms with Crippen LogP contribution in [0.1, 0.15) is 19.8 Å². The maximum atomic E-state index is 11.7. The third-order valence-corrected chi connectivity index (χ3v) is 3.47. The molecule has 78 valence electrons. The SMILES string of the molecule is CC1(C(=O)OCCO)C[C@H]2C=CC1C2. The molecule has 0 amide bonds. The van der Waals surface area contributed by atoms with E-state index in [9.17, 15) is 4.79 Å². The summed E-state index contributed by atoms with van der Waals surface area (Å²) in [5.74, 6) is 0.758. The van der Waals surface area contributed by atoms with Crippen molar-refractivity contribution in [2.75, 3.05) is 13.2 Å². The number of carbonyl (C=O) groups excluding carboxylic acids is 1. The largest absolute Gasteiger partial charge is 0.463 e. The van der Waals surface area contributed by atoms with Crippen LogP contribution >= 0.6 is 0 Å². The summed E-state index contributed by atoms with van der Waals surface area (Å²) in [6.45, 7) is 2.00. The fourth-order valence-corrected chi connectivity index (χ4v) is 2.63. The molecular weight excluding hydrogens is 180 g/mol. The lowest BCUT2D eigenvalue weighted by Gasteiger charge is -2.28. The number of carbonyl (C=O) groups is 1. The van der Waals surface area contributed by atoms with Gasteiger partial charge in [-0.3, -0.25) is 4.79 Å². The first-order valence-electron chi connectivity index (χ1n) is 5.13. The number of aliphatic hydroxyl groups is 1. The van der Waals surface area contributed by atoms with Crippen molar-refractivity contribution in [3.8, 4) is 0 Å². The normalized spacial score (nSPS) is 39.0. The van der Waals surface area contributed by atoms with E-state index in [1.807, 2.05) is 6.92 Å². The van der Waals surface area contributed by atoms with Crippen LogP contribution in [0.4, 0.5) is 0 Å². The Kier molecular flexibility index (Phi) is 2.35. The molecule has 0 radical (unpaired) electrons. The summed E-state index contributed by atoms with van der Waals surface area (Å²) < 4.78 is 5.01. The van der Waals surface area contributed by atoms with E-state index in [1.54, 1.807) is 0 Å². The van der Waals surface area contributed by atoms with E-state index in [2.05, 4.69) is 12.2 Å². The number of ether oxygens (including phenoxy) is 1. The molecule has 2 rings (SSSR count). The van der Waals surface area contributed by atoms with Crippen LogP contribution in [0.15, 0.2) is 12.2 Å². The zero-order chi connectivity index (χ0) is 10.2. The minimum absolute atomic E-state index is 0.0915. The minimum atomic E-state index is -0.339. The Hall–Kier alpha value is -0.830. The molecule has 3 nitrogen and oxygen atoms in total. The summed E-state index contributed by atoms with van der Waals surface area (Å²) in [5, 5.41) is 8.58. The average molecular weight is 196 g/mol. The number of hydrogen-bond acceptors (Lipinski definition) is 3. The van der Waals surface area contributed by atoms with E-state index >= 15 is 0 Å². The average Bonchev–Trinajstić information content (AvgIpc) is 2.73. The van der Waals surface area contributed by atoms with E-state index in [4.69, 9.17) is 9.84 Å². The molecule has 1 N–H and O–H groups in total.